The summed E-state index contributed by atoms with van der Waals surface area (Å²) in [5.74, 6) is -0.165. The van der Waals surface area contributed by atoms with E-state index in [-0.39, 0.29) is 11.6 Å². The largest absolute Gasteiger partial charge is 0.377 e. The van der Waals surface area contributed by atoms with Gasteiger partial charge in [0.1, 0.15) is 5.69 Å². The van der Waals surface area contributed by atoms with E-state index in [1.54, 1.807) is 17.0 Å². The highest BCUT2D eigenvalue weighted by atomic mass is 16.6. The number of hydrogen-bond donors (Lipinski definition) is 1. The van der Waals surface area contributed by atoms with Crippen LogP contribution in [0.5, 0.6) is 0 Å². The molecule has 1 saturated carbocycles. The Labute approximate surface area is 181 Å². The molecule has 0 aromatic heterocycles. The lowest BCUT2D eigenvalue weighted by Gasteiger charge is -2.22. The highest BCUT2D eigenvalue weighted by molar-refractivity contribution is 5.95. The fourth-order valence-electron chi connectivity index (χ4n) is 3.84. The quantitative estimate of drug-likeness (QED) is 0.569. The van der Waals surface area contributed by atoms with Crippen LogP contribution in [0.1, 0.15) is 40.7 Å². The van der Waals surface area contributed by atoms with E-state index in [4.69, 9.17) is 5.26 Å². The summed E-state index contributed by atoms with van der Waals surface area (Å²) in [5.41, 5.74) is 2.56. The fourth-order valence-corrected chi connectivity index (χ4v) is 3.84. The second-order valence-corrected chi connectivity index (χ2v) is 8.14. The molecule has 8 nitrogen and oxygen atoms in total. The van der Waals surface area contributed by atoms with Gasteiger partial charge in [-0.05, 0) is 49.1 Å². The molecule has 0 bridgehead atoms. The number of nitrogens with one attached hydrogen (secondary N) is 1. The van der Waals surface area contributed by atoms with Gasteiger partial charge in [0, 0.05) is 50.4 Å². The number of amides is 1. The van der Waals surface area contributed by atoms with Crippen LogP contribution in [0.15, 0.2) is 42.5 Å². The summed E-state index contributed by atoms with van der Waals surface area (Å²) in [6.45, 7) is 3.56. The molecule has 2 aromatic carbocycles. The zero-order chi connectivity index (χ0) is 21.8. The minimum Gasteiger partial charge on any atom is -0.377 e. The minimum atomic E-state index is -0.427. The van der Waals surface area contributed by atoms with Gasteiger partial charge in [0.15, 0.2) is 0 Å². The molecule has 2 aliphatic rings. The lowest BCUT2D eigenvalue weighted by Crippen LogP contribution is -2.35. The molecule has 4 rings (SSSR count). The van der Waals surface area contributed by atoms with E-state index in [0.29, 0.717) is 35.9 Å². The third kappa shape index (κ3) is 5.19. The van der Waals surface area contributed by atoms with Crippen molar-refractivity contribution in [2.24, 2.45) is 0 Å². The minimum absolute atomic E-state index is 0.0463. The average molecular weight is 419 g/mol. The van der Waals surface area contributed by atoms with Gasteiger partial charge in [-0.3, -0.25) is 19.8 Å². The van der Waals surface area contributed by atoms with Crippen molar-refractivity contribution in [2.75, 3.05) is 31.5 Å². The Bertz CT molecular complexity index is 1010. The maximum Gasteiger partial charge on any atom is 0.293 e. The Hall–Kier alpha value is -3.44. The molecule has 0 radical (unpaired) electrons. The molecule has 160 valence electrons. The number of nitriles is 1. The number of nitro groups is 1. The smallest absolute Gasteiger partial charge is 0.293 e. The van der Waals surface area contributed by atoms with Crippen LogP contribution in [-0.2, 0) is 6.54 Å². The van der Waals surface area contributed by atoms with Gasteiger partial charge in [-0.1, -0.05) is 12.1 Å². The number of nitro benzene ring substituents is 1. The van der Waals surface area contributed by atoms with E-state index in [1.165, 1.54) is 6.07 Å². The summed E-state index contributed by atoms with van der Waals surface area (Å²) >= 11 is 0. The maximum atomic E-state index is 13.0. The lowest BCUT2D eigenvalue weighted by atomic mass is 10.1. The summed E-state index contributed by atoms with van der Waals surface area (Å²) < 4.78 is 0. The molecule has 2 aromatic rings. The highest BCUT2D eigenvalue weighted by Gasteiger charge is 2.27. The van der Waals surface area contributed by atoms with Gasteiger partial charge in [0.05, 0.1) is 16.6 Å². The Morgan fingerprint density at radius 1 is 1.13 bits per heavy atom. The first kappa shape index (κ1) is 20.8. The molecular weight excluding hydrogens is 394 g/mol. The van der Waals surface area contributed by atoms with Gasteiger partial charge < -0.3 is 10.2 Å². The van der Waals surface area contributed by atoms with Gasteiger partial charge in [-0.25, -0.2) is 0 Å². The van der Waals surface area contributed by atoms with Gasteiger partial charge >= 0.3 is 0 Å². The highest BCUT2D eigenvalue weighted by Crippen LogP contribution is 2.32. The summed E-state index contributed by atoms with van der Waals surface area (Å²) in [4.78, 5) is 28.2. The van der Waals surface area contributed by atoms with Crippen molar-refractivity contribution >= 4 is 17.3 Å². The predicted octanol–water partition coefficient (Wildman–Crippen LogP) is 3.39. The number of anilines is 1. The van der Waals surface area contributed by atoms with Gasteiger partial charge in [-0.2, -0.15) is 5.26 Å². The molecule has 1 saturated heterocycles. The van der Waals surface area contributed by atoms with Crippen molar-refractivity contribution in [3.63, 3.8) is 0 Å². The summed E-state index contributed by atoms with van der Waals surface area (Å²) in [5, 5.41) is 23.6. The second kappa shape index (κ2) is 9.14. The topological polar surface area (TPSA) is 103 Å². The van der Waals surface area contributed by atoms with Crippen molar-refractivity contribution in [3.05, 3.63) is 69.3 Å². The molecule has 0 unspecified atom stereocenters. The van der Waals surface area contributed by atoms with Crippen LogP contribution >= 0.6 is 0 Å². The lowest BCUT2D eigenvalue weighted by molar-refractivity contribution is -0.384. The van der Waals surface area contributed by atoms with Crippen LogP contribution in [0.25, 0.3) is 0 Å². The maximum absolute atomic E-state index is 13.0. The zero-order valence-corrected chi connectivity index (χ0v) is 17.3. The number of carbonyl (C=O) groups excluding carboxylic acids is 1. The summed E-state index contributed by atoms with van der Waals surface area (Å²) in [7, 11) is 0. The molecule has 0 atom stereocenters. The fraction of sp³-hybridized carbons (Fsp3) is 0.391. The van der Waals surface area contributed by atoms with E-state index in [1.807, 2.05) is 24.3 Å². The van der Waals surface area contributed by atoms with E-state index < -0.39 is 4.92 Å². The van der Waals surface area contributed by atoms with Gasteiger partial charge in [0.2, 0.25) is 0 Å². The molecule has 1 aliphatic heterocycles. The molecule has 8 heteroatoms. The third-order valence-electron chi connectivity index (χ3n) is 5.74. The molecule has 1 N–H and O–H groups in total. The van der Waals surface area contributed by atoms with Gasteiger partial charge in [-0.15, -0.1) is 0 Å². The van der Waals surface area contributed by atoms with Crippen LogP contribution in [0.3, 0.4) is 0 Å². The number of rotatable bonds is 6. The second-order valence-electron chi connectivity index (χ2n) is 8.14. The Kier molecular flexibility index (Phi) is 6.14. The van der Waals surface area contributed by atoms with Crippen molar-refractivity contribution in [2.45, 2.75) is 31.8 Å². The molecule has 2 fully saturated rings. The van der Waals surface area contributed by atoms with Crippen LogP contribution in [0.4, 0.5) is 11.4 Å². The number of hydrogen-bond acceptors (Lipinski definition) is 6. The van der Waals surface area contributed by atoms with E-state index in [0.717, 1.165) is 44.5 Å². The van der Waals surface area contributed by atoms with E-state index in [9.17, 15) is 14.9 Å². The normalized spacial score (nSPS) is 16.9. The molecule has 1 heterocycles. The molecular formula is C23H25N5O3. The van der Waals surface area contributed by atoms with E-state index in [2.05, 4.69) is 16.3 Å². The molecule has 1 aliphatic carbocycles. The van der Waals surface area contributed by atoms with Crippen molar-refractivity contribution < 1.29 is 9.72 Å². The van der Waals surface area contributed by atoms with Crippen LogP contribution < -0.4 is 5.32 Å². The molecule has 1 amide bonds. The van der Waals surface area contributed by atoms with E-state index >= 15 is 0 Å². The van der Waals surface area contributed by atoms with Crippen LogP contribution in [0, 0.1) is 21.4 Å². The summed E-state index contributed by atoms with van der Waals surface area (Å²) in [6, 6.07) is 14.7. The van der Waals surface area contributed by atoms with Crippen LogP contribution in [0.2, 0.25) is 0 Å². The first-order chi connectivity index (χ1) is 15.0. The third-order valence-corrected chi connectivity index (χ3v) is 5.74. The monoisotopic (exact) mass is 419 g/mol. The van der Waals surface area contributed by atoms with Gasteiger partial charge in [0.25, 0.3) is 11.6 Å². The average Bonchev–Trinajstić information content (AvgIpc) is 3.61. The standard InChI is InChI=1S/C23H25N5O3/c24-15-17-2-4-18(5-3-17)16-26-10-1-11-27(13-12-26)23(29)19-6-9-21(25-20-7-8-20)22(14-19)28(30)31/h2-6,9,14,20,25H,1,7-8,10-13,16H2. The summed E-state index contributed by atoms with van der Waals surface area (Å²) in [6.07, 6.45) is 2.88. The Morgan fingerprint density at radius 3 is 2.58 bits per heavy atom. The first-order valence-corrected chi connectivity index (χ1v) is 10.6. The molecule has 31 heavy (non-hydrogen) atoms. The predicted molar refractivity (Wildman–Crippen MR) is 117 cm³/mol. The van der Waals surface area contributed by atoms with Crippen molar-refractivity contribution in [1.29, 1.82) is 5.26 Å². The number of benzene rings is 2. The Morgan fingerprint density at radius 2 is 1.90 bits per heavy atom. The molecule has 0 spiro atoms. The first-order valence-electron chi connectivity index (χ1n) is 10.6. The Balaban J connectivity index is 1.40. The number of carbonyl (C=O) groups is 1. The number of nitrogens with zero attached hydrogens (tertiary/aromatic N) is 4. The van der Waals surface area contributed by atoms with Crippen LogP contribution in [-0.4, -0.2) is 52.9 Å². The van der Waals surface area contributed by atoms with Crippen molar-refractivity contribution in [3.8, 4) is 6.07 Å². The van der Waals surface area contributed by atoms with Crippen molar-refractivity contribution in [1.82, 2.24) is 9.80 Å². The zero-order valence-electron chi connectivity index (χ0n) is 17.3. The SMILES string of the molecule is N#Cc1ccc(CN2CCCN(C(=O)c3ccc(NC4CC4)c([N+](=O)[O-])c3)CC2)cc1.